The third-order valence-corrected chi connectivity index (χ3v) is 6.21. The van der Waals surface area contributed by atoms with Crippen LogP contribution in [0.4, 0.5) is 11.4 Å². The van der Waals surface area contributed by atoms with Crippen molar-refractivity contribution in [3.8, 4) is 5.75 Å². The lowest BCUT2D eigenvalue weighted by Gasteiger charge is -2.17. The molecule has 1 fully saturated rings. The van der Waals surface area contributed by atoms with E-state index in [1.807, 2.05) is 0 Å². The molecular formula is C20H23N3O5S. The number of carbonyl (C=O) groups is 2. The Morgan fingerprint density at radius 2 is 1.79 bits per heavy atom. The smallest absolute Gasteiger partial charge is 0.240 e. The van der Waals surface area contributed by atoms with E-state index in [9.17, 15) is 18.0 Å². The van der Waals surface area contributed by atoms with Gasteiger partial charge in [-0.3, -0.25) is 9.59 Å². The maximum atomic E-state index is 12.6. The minimum Gasteiger partial charge on any atom is -0.497 e. The van der Waals surface area contributed by atoms with E-state index in [2.05, 4.69) is 10.0 Å². The van der Waals surface area contributed by atoms with Crippen molar-refractivity contribution < 1.29 is 22.7 Å². The number of nitrogens with zero attached hydrogens (tertiary/aromatic N) is 1. The van der Waals surface area contributed by atoms with Crippen molar-refractivity contribution in [2.75, 3.05) is 30.4 Å². The zero-order valence-corrected chi connectivity index (χ0v) is 17.0. The summed E-state index contributed by atoms with van der Waals surface area (Å²) < 4.78 is 31.5. The highest BCUT2D eigenvalue weighted by atomic mass is 32.2. The fourth-order valence-electron chi connectivity index (χ4n) is 3.13. The molecule has 2 aromatic rings. The van der Waals surface area contributed by atoms with E-state index in [4.69, 9.17) is 4.74 Å². The third kappa shape index (κ3) is 4.75. The van der Waals surface area contributed by atoms with Crippen molar-refractivity contribution in [2.24, 2.45) is 5.92 Å². The van der Waals surface area contributed by atoms with Crippen LogP contribution in [0.2, 0.25) is 0 Å². The van der Waals surface area contributed by atoms with Crippen molar-refractivity contribution in [3.63, 3.8) is 0 Å². The van der Waals surface area contributed by atoms with Crippen LogP contribution in [0.1, 0.15) is 13.3 Å². The molecule has 2 N–H and O–H groups in total. The van der Waals surface area contributed by atoms with Crippen LogP contribution in [-0.4, -0.2) is 40.4 Å². The van der Waals surface area contributed by atoms with E-state index < -0.39 is 15.9 Å². The largest absolute Gasteiger partial charge is 0.497 e. The maximum absolute atomic E-state index is 12.6. The predicted molar refractivity (Wildman–Crippen MR) is 109 cm³/mol. The second kappa shape index (κ2) is 8.62. The maximum Gasteiger partial charge on any atom is 0.240 e. The van der Waals surface area contributed by atoms with E-state index in [0.717, 1.165) is 0 Å². The summed E-state index contributed by atoms with van der Waals surface area (Å²) in [5, 5.41) is 2.75. The fraction of sp³-hybridized carbons (Fsp3) is 0.300. The lowest BCUT2D eigenvalue weighted by atomic mass is 10.1. The van der Waals surface area contributed by atoms with Crippen LogP contribution in [0.5, 0.6) is 5.75 Å². The molecule has 0 spiro atoms. The molecular weight excluding hydrogens is 394 g/mol. The summed E-state index contributed by atoms with van der Waals surface area (Å²) in [5.41, 5.74) is 1.19. The van der Waals surface area contributed by atoms with Crippen molar-refractivity contribution in [3.05, 3.63) is 48.5 Å². The molecule has 1 atom stereocenters. The number of ether oxygens (including phenoxy) is 1. The van der Waals surface area contributed by atoms with Crippen molar-refractivity contribution >= 4 is 33.2 Å². The van der Waals surface area contributed by atoms with Crippen LogP contribution in [0.25, 0.3) is 0 Å². The molecule has 0 radical (unpaired) electrons. The topological polar surface area (TPSA) is 105 Å². The van der Waals surface area contributed by atoms with Crippen molar-refractivity contribution in [1.82, 2.24) is 4.72 Å². The molecule has 1 saturated heterocycles. The SMILES string of the molecule is CCNS(=O)(=O)c1ccc(NC(=O)C2CC(=O)N(c3ccc(OC)cc3)C2)cc1. The monoisotopic (exact) mass is 417 g/mol. The second-order valence-corrected chi connectivity index (χ2v) is 8.39. The Morgan fingerprint density at radius 1 is 1.14 bits per heavy atom. The summed E-state index contributed by atoms with van der Waals surface area (Å²) >= 11 is 0. The average molecular weight is 417 g/mol. The molecule has 0 aromatic heterocycles. The van der Waals surface area contributed by atoms with Crippen LogP contribution >= 0.6 is 0 Å². The van der Waals surface area contributed by atoms with E-state index in [0.29, 0.717) is 23.7 Å². The first kappa shape index (κ1) is 20.8. The van der Waals surface area contributed by atoms with Gasteiger partial charge in [0, 0.05) is 30.9 Å². The van der Waals surface area contributed by atoms with Gasteiger partial charge in [-0.25, -0.2) is 13.1 Å². The molecule has 9 heteroatoms. The third-order valence-electron chi connectivity index (χ3n) is 4.65. The van der Waals surface area contributed by atoms with E-state index in [-0.39, 0.29) is 29.7 Å². The lowest BCUT2D eigenvalue weighted by molar-refractivity contribution is -0.122. The van der Waals surface area contributed by atoms with Gasteiger partial charge in [0.05, 0.1) is 17.9 Å². The highest BCUT2D eigenvalue weighted by Crippen LogP contribution is 2.27. The number of hydrogen-bond donors (Lipinski definition) is 2. The van der Waals surface area contributed by atoms with Crippen LogP contribution < -0.4 is 19.7 Å². The number of methoxy groups -OCH3 is 1. The highest BCUT2D eigenvalue weighted by Gasteiger charge is 2.35. The first-order valence-electron chi connectivity index (χ1n) is 9.19. The van der Waals surface area contributed by atoms with Crippen LogP contribution in [0, 0.1) is 5.92 Å². The number of carbonyl (C=O) groups excluding carboxylic acids is 2. The standard InChI is InChI=1S/C20H23N3O5S/c1-3-21-29(26,27)18-10-4-15(5-11-18)22-20(25)14-12-19(24)23(13-14)16-6-8-17(28-2)9-7-16/h4-11,14,21H,3,12-13H2,1-2H3,(H,22,25). The van der Waals surface area contributed by atoms with Gasteiger partial charge in [0.25, 0.3) is 0 Å². The molecule has 2 amide bonds. The first-order chi connectivity index (χ1) is 13.8. The molecule has 1 unspecified atom stereocenters. The number of rotatable bonds is 7. The molecule has 0 aliphatic carbocycles. The van der Waals surface area contributed by atoms with Crippen molar-refractivity contribution in [1.29, 1.82) is 0 Å². The Hall–Kier alpha value is -2.91. The predicted octanol–water partition coefficient (Wildman–Crippen LogP) is 1.98. The molecule has 3 rings (SSSR count). The summed E-state index contributed by atoms with van der Waals surface area (Å²) in [7, 11) is -1.98. The molecule has 1 heterocycles. The minimum atomic E-state index is -3.54. The number of hydrogen-bond acceptors (Lipinski definition) is 5. The van der Waals surface area contributed by atoms with Crippen LogP contribution in [-0.2, 0) is 19.6 Å². The average Bonchev–Trinajstić information content (AvgIpc) is 3.10. The molecule has 1 aliphatic heterocycles. The normalized spacial score (nSPS) is 16.7. The summed E-state index contributed by atoms with van der Waals surface area (Å²) in [5.74, 6) is -0.205. The molecule has 8 nitrogen and oxygen atoms in total. The van der Waals surface area contributed by atoms with Gasteiger partial charge >= 0.3 is 0 Å². The lowest BCUT2D eigenvalue weighted by Crippen LogP contribution is -2.28. The van der Waals surface area contributed by atoms with E-state index in [1.54, 1.807) is 43.2 Å². The van der Waals surface area contributed by atoms with Gasteiger partial charge < -0.3 is 15.0 Å². The Bertz CT molecular complexity index is 988. The Labute approximate surface area is 169 Å². The summed E-state index contributed by atoms with van der Waals surface area (Å²) in [6.45, 7) is 2.27. The highest BCUT2D eigenvalue weighted by molar-refractivity contribution is 7.89. The molecule has 0 saturated carbocycles. The number of amides is 2. The van der Waals surface area contributed by atoms with Gasteiger partial charge in [0.15, 0.2) is 0 Å². The molecule has 154 valence electrons. The summed E-state index contributed by atoms with van der Waals surface area (Å²) in [6, 6.07) is 13.0. The van der Waals surface area contributed by atoms with Crippen LogP contribution in [0.15, 0.2) is 53.4 Å². The van der Waals surface area contributed by atoms with Gasteiger partial charge in [-0.1, -0.05) is 6.92 Å². The number of anilines is 2. The fourth-order valence-corrected chi connectivity index (χ4v) is 4.17. The second-order valence-electron chi connectivity index (χ2n) is 6.62. The van der Waals surface area contributed by atoms with Crippen molar-refractivity contribution in [2.45, 2.75) is 18.2 Å². The molecule has 1 aliphatic rings. The summed E-state index contributed by atoms with van der Waals surface area (Å²) in [6.07, 6.45) is 0.116. The number of sulfonamides is 1. The van der Waals surface area contributed by atoms with Gasteiger partial charge in [0.1, 0.15) is 5.75 Å². The Morgan fingerprint density at radius 3 is 2.38 bits per heavy atom. The molecule has 29 heavy (non-hydrogen) atoms. The first-order valence-corrected chi connectivity index (χ1v) is 10.7. The number of benzene rings is 2. The van der Waals surface area contributed by atoms with Gasteiger partial charge in [-0.15, -0.1) is 0 Å². The minimum absolute atomic E-state index is 0.116. The van der Waals surface area contributed by atoms with E-state index >= 15 is 0 Å². The van der Waals surface area contributed by atoms with Gasteiger partial charge in [-0.05, 0) is 48.5 Å². The summed E-state index contributed by atoms with van der Waals surface area (Å²) in [4.78, 5) is 26.6. The Balaban J connectivity index is 1.64. The zero-order valence-electron chi connectivity index (χ0n) is 16.2. The number of nitrogens with one attached hydrogen (secondary N) is 2. The molecule has 0 bridgehead atoms. The molecule has 2 aromatic carbocycles. The van der Waals surface area contributed by atoms with Crippen LogP contribution in [0.3, 0.4) is 0 Å². The Kier molecular flexibility index (Phi) is 6.19. The quantitative estimate of drug-likeness (QED) is 0.717. The van der Waals surface area contributed by atoms with Gasteiger partial charge in [0.2, 0.25) is 21.8 Å². The van der Waals surface area contributed by atoms with Gasteiger partial charge in [-0.2, -0.15) is 0 Å². The zero-order chi connectivity index (χ0) is 21.0. The van der Waals surface area contributed by atoms with E-state index in [1.165, 1.54) is 24.3 Å².